The van der Waals surface area contributed by atoms with E-state index < -0.39 is 29.7 Å². The summed E-state index contributed by atoms with van der Waals surface area (Å²) in [4.78, 5) is 42.7. The lowest BCUT2D eigenvalue weighted by atomic mass is 9.82. The number of carbonyl (C=O) groups is 3. The van der Waals surface area contributed by atoms with E-state index in [0.717, 1.165) is 5.56 Å². The highest BCUT2D eigenvalue weighted by Gasteiger charge is 2.35. The molecule has 166 valence electrons. The van der Waals surface area contributed by atoms with Gasteiger partial charge >= 0.3 is 0 Å². The van der Waals surface area contributed by atoms with E-state index in [0.29, 0.717) is 17.8 Å². The summed E-state index contributed by atoms with van der Waals surface area (Å²) < 4.78 is 0. The highest BCUT2D eigenvalue weighted by Crippen LogP contribution is 2.25. The average Bonchev–Trinajstić information content (AvgIpc) is 3.30. The topological polar surface area (TPSA) is 108 Å². The Morgan fingerprint density at radius 1 is 1.16 bits per heavy atom. The van der Waals surface area contributed by atoms with Gasteiger partial charge in [-0.15, -0.1) is 17.9 Å². The number of benzene rings is 1. The molecule has 3 atom stereocenters. The van der Waals surface area contributed by atoms with Gasteiger partial charge in [-0.05, 0) is 24.3 Å². The maximum Gasteiger partial charge on any atom is 0.247 e. The van der Waals surface area contributed by atoms with Crippen molar-refractivity contribution in [3.05, 3.63) is 65.1 Å². The van der Waals surface area contributed by atoms with Crippen LogP contribution in [0.25, 0.3) is 0 Å². The first-order valence-corrected chi connectivity index (χ1v) is 11.1. The number of hydrogen-bond donors (Lipinski definition) is 3. The normalized spacial score (nSPS) is 13.8. The zero-order valence-electron chi connectivity index (χ0n) is 17.8. The van der Waals surface area contributed by atoms with Crippen LogP contribution in [-0.4, -0.2) is 33.8 Å². The van der Waals surface area contributed by atoms with Gasteiger partial charge in [0, 0.05) is 18.0 Å². The van der Waals surface area contributed by atoms with Gasteiger partial charge in [-0.1, -0.05) is 50.3 Å². The van der Waals surface area contributed by atoms with Gasteiger partial charge < -0.3 is 5.32 Å². The molecule has 1 unspecified atom stereocenters. The van der Waals surface area contributed by atoms with Crippen molar-refractivity contribution in [3.63, 3.8) is 0 Å². The third-order valence-electron chi connectivity index (χ3n) is 4.97. The Hall–Kier alpha value is -2.84. The minimum absolute atomic E-state index is 0.122. The fourth-order valence-corrected chi connectivity index (χ4v) is 4.14. The molecule has 8 heteroatoms. The van der Waals surface area contributed by atoms with Crippen molar-refractivity contribution >= 4 is 28.9 Å². The molecule has 2 aromatic rings. The van der Waals surface area contributed by atoms with Crippen molar-refractivity contribution in [1.29, 1.82) is 0 Å². The number of carbonyl (C=O) groups excluding carboxylic acids is 3. The van der Waals surface area contributed by atoms with Gasteiger partial charge in [0.15, 0.2) is 5.01 Å². The number of ketones is 1. The third kappa shape index (κ3) is 7.11. The number of nitrogens with one attached hydrogen (secondary N) is 2. The summed E-state index contributed by atoms with van der Waals surface area (Å²) >= 11 is 1.22. The second-order valence-corrected chi connectivity index (χ2v) is 8.69. The van der Waals surface area contributed by atoms with E-state index in [1.54, 1.807) is 23.1 Å². The van der Waals surface area contributed by atoms with Crippen LogP contribution in [-0.2, 0) is 16.0 Å². The van der Waals surface area contributed by atoms with E-state index >= 15 is 0 Å². The first-order chi connectivity index (χ1) is 14.9. The van der Waals surface area contributed by atoms with Crippen LogP contribution >= 0.6 is 11.3 Å². The minimum Gasteiger partial charge on any atom is -0.345 e. The van der Waals surface area contributed by atoms with Crippen LogP contribution in [0.5, 0.6) is 0 Å². The second-order valence-electron chi connectivity index (χ2n) is 7.80. The van der Waals surface area contributed by atoms with Crippen molar-refractivity contribution in [2.75, 3.05) is 0 Å². The Balaban J connectivity index is 2.31. The predicted octanol–water partition coefficient (Wildman–Crippen LogP) is 3.41. The van der Waals surface area contributed by atoms with Crippen LogP contribution in [0.2, 0.25) is 0 Å². The van der Waals surface area contributed by atoms with Crippen LogP contribution in [0.1, 0.15) is 42.1 Å². The Bertz CT molecular complexity index is 868. The van der Waals surface area contributed by atoms with Gasteiger partial charge in [0.25, 0.3) is 0 Å². The zero-order chi connectivity index (χ0) is 22.8. The van der Waals surface area contributed by atoms with Gasteiger partial charge in [0.1, 0.15) is 0 Å². The molecule has 1 aromatic heterocycles. The molecule has 3 N–H and O–H groups in total. The van der Waals surface area contributed by atoms with Gasteiger partial charge in [0.2, 0.25) is 17.6 Å². The maximum absolute atomic E-state index is 13.3. The fourth-order valence-electron chi connectivity index (χ4n) is 3.51. The number of amides is 2. The lowest BCUT2D eigenvalue weighted by Crippen LogP contribution is -2.48. The van der Waals surface area contributed by atoms with E-state index in [-0.39, 0.29) is 18.1 Å². The number of Topliss-reactive ketones (excluding diaryl/α,β-unsaturated/α-hetero) is 1. The SMILES string of the molecule is C=CC[C@@H](C(=O)NO)[C@@H](CC(C)C)C(=O)NC(Cc1ccccc1)C(=O)c1nccs1. The molecule has 1 aromatic carbocycles. The van der Waals surface area contributed by atoms with E-state index in [1.165, 1.54) is 11.3 Å². The number of rotatable bonds is 12. The molecular weight excluding hydrogens is 414 g/mol. The number of nitrogens with zero attached hydrogens (tertiary/aromatic N) is 1. The summed E-state index contributed by atoms with van der Waals surface area (Å²) in [5.74, 6) is -2.73. The number of thiazole rings is 1. The molecule has 2 amide bonds. The molecule has 0 aliphatic rings. The van der Waals surface area contributed by atoms with Gasteiger partial charge in [0.05, 0.1) is 17.9 Å². The Morgan fingerprint density at radius 2 is 1.87 bits per heavy atom. The van der Waals surface area contributed by atoms with E-state index in [2.05, 4.69) is 16.9 Å². The van der Waals surface area contributed by atoms with Crippen molar-refractivity contribution < 1.29 is 19.6 Å². The van der Waals surface area contributed by atoms with Crippen molar-refractivity contribution in [1.82, 2.24) is 15.8 Å². The Labute approximate surface area is 186 Å². The fraction of sp³-hybridized carbons (Fsp3) is 0.391. The monoisotopic (exact) mass is 443 g/mol. The van der Waals surface area contributed by atoms with Gasteiger partial charge in [-0.3, -0.25) is 19.6 Å². The summed E-state index contributed by atoms with van der Waals surface area (Å²) in [5.41, 5.74) is 2.55. The molecule has 0 saturated heterocycles. The van der Waals surface area contributed by atoms with E-state index in [1.807, 2.05) is 44.2 Å². The number of hydrogen-bond acceptors (Lipinski definition) is 6. The standard InChI is InChI=1S/C23H29N3O4S/c1-4-8-17(22(29)26-30)18(13-15(2)3)21(28)25-19(14-16-9-6-5-7-10-16)20(27)23-24-11-12-31-23/h4-7,9-12,15,17-19,30H,1,8,13-14H2,2-3H3,(H,25,28)(H,26,29)/t17-,18-,19?/m1/s1. The number of allylic oxidation sites excluding steroid dienone is 1. The molecule has 31 heavy (non-hydrogen) atoms. The zero-order valence-corrected chi connectivity index (χ0v) is 18.6. The molecule has 0 radical (unpaired) electrons. The average molecular weight is 444 g/mol. The number of hydroxylamine groups is 1. The lowest BCUT2D eigenvalue weighted by molar-refractivity contribution is -0.140. The van der Waals surface area contributed by atoms with Crippen molar-refractivity contribution in [2.24, 2.45) is 17.8 Å². The Morgan fingerprint density at radius 3 is 2.42 bits per heavy atom. The van der Waals surface area contributed by atoms with Crippen molar-refractivity contribution in [2.45, 2.75) is 39.2 Å². The third-order valence-corrected chi connectivity index (χ3v) is 5.76. The van der Waals surface area contributed by atoms with E-state index in [4.69, 9.17) is 5.21 Å². The molecule has 0 saturated carbocycles. The van der Waals surface area contributed by atoms with Crippen LogP contribution in [0.3, 0.4) is 0 Å². The highest BCUT2D eigenvalue weighted by molar-refractivity contribution is 7.11. The van der Waals surface area contributed by atoms with Crippen LogP contribution < -0.4 is 10.8 Å². The first kappa shape index (κ1) is 24.4. The molecular formula is C23H29N3O4S. The number of aromatic nitrogens is 1. The van der Waals surface area contributed by atoms with Gasteiger partial charge in [-0.25, -0.2) is 10.5 Å². The summed E-state index contributed by atoms with van der Waals surface area (Å²) in [6.45, 7) is 7.56. The predicted molar refractivity (Wildman–Crippen MR) is 120 cm³/mol. The van der Waals surface area contributed by atoms with Gasteiger partial charge in [-0.2, -0.15) is 0 Å². The quantitative estimate of drug-likeness (QED) is 0.202. The van der Waals surface area contributed by atoms with Crippen molar-refractivity contribution in [3.8, 4) is 0 Å². The second kappa shape index (κ2) is 12.1. The molecule has 1 heterocycles. The maximum atomic E-state index is 13.3. The summed E-state index contributed by atoms with van der Waals surface area (Å²) in [7, 11) is 0. The summed E-state index contributed by atoms with van der Waals surface area (Å²) in [5, 5.41) is 14.0. The molecule has 0 aliphatic carbocycles. The Kier molecular flexibility index (Phi) is 9.55. The smallest absolute Gasteiger partial charge is 0.247 e. The van der Waals surface area contributed by atoms with E-state index in [9.17, 15) is 14.4 Å². The van der Waals surface area contributed by atoms with Crippen LogP contribution in [0.4, 0.5) is 0 Å². The first-order valence-electron chi connectivity index (χ1n) is 10.2. The minimum atomic E-state index is -0.822. The molecule has 7 nitrogen and oxygen atoms in total. The molecule has 0 spiro atoms. The molecule has 0 fully saturated rings. The van der Waals surface area contributed by atoms with Crippen LogP contribution in [0, 0.1) is 17.8 Å². The summed E-state index contributed by atoms with van der Waals surface area (Å²) in [6.07, 6.45) is 4.04. The summed E-state index contributed by atoms with van der Waals surface area (Å²) in [6, 6.07) is 8.58. The largest absolute Gasteiger partial charge is 0.345 e. The molecule has 0 bridgehead atoms. The molecule has 0 aliphatic heterocycles. The lowest BCUT2D eigenvalue weighted by Gasteiger charge is -2.27. The van der Waals surface area contributed by atoms with Crippen LogP contribution in [0.15, 0.2) is 54.6 Å². The highest BCUT2D eigenvalue weighted by atomic mass is 32.1. The molecule has 2 rings (SSSR count).